The molecule has 0 radical (unpaired) electrons. The van der Waals surface area contributed by atoms with E-state index in [1.807, 2.05) is 0 Å². The first-order valence-electron chi connectivity index (χ1n) is 7.88. The Morgan fingerprint density at radius 2 is 2.08 bits per heavy atom. The van der Waals surface area contributed by atoms with Crippen molar-refractivity contribution in [3.05, 3.63) is 41.4 Å². The van der Waals surface area contributed by atoms with Gasteiger partial charge in [0.1, 0.15) is 11.9 Å². The Bertz CT molecular complexity index is 897. The minimum atomic E-state index is -3.80. The van der Waals surface area contributed by atoms with Crippen LogP contribution < -0.4 is 9.47 Å². The highest BCUT2D eigenvalue weighted by Gasteiger charge is 2.31. The number of piperidine rings is 1. The second kappa shape index (κ2) is 7.73. The molecule has 1 aliphatic rings. The van der Waals surface area contributed by atoms with Crippen molar-refractivity contribution < 1.29 is 22.3 Å². The first kappa shape index (κ1) is 18.8. The monoisotopic (exact) mass is 401 g/mol. The van der Waals surface area contributed by atoms with Gasteiger partial charge in [-0.2, -0.15) is 9.29 Å². The molecule has 1 saturated heterocycles. The van der Waals surface area contributed by atoms with Gasteiger partial charge in [0, 0.05) is 6.54 Å². The number of aromatic nitrogens is 2. The largest absolute Gasteiger partial charge is 0.480 e. The van der Waals surface area contributed by atoms with Crippen LogP contribution >= 0.6 is 11.6 Å². The summed E-state index contributed by atoms with van der Waals surface area (Å²) < 4.78 is 50.9. The maximum atomic E-state index is 13.3. The number of hydrogen-bond donors (Lipinski definition) is 0. The van der Waals surface area contributed by atoms with Gasteiger partial charge < -0.3 is 9.47 Å². The molecule has 140 valence electrons. The maximum Gasteiger partial charge on any atom is 0.243 e. The summed E-state index contributed by atoms with van der Waals surface area (Å²) in [5, 5.41) is -0.234. The van der Waals surface area contributed by atoms with Gasteiger partial charge in [-0.05, 0) is 31.0 Å². The number of nitrogens with zero attached hydrogens (tertiary/aromatic N) is 3. The lowest BCUT2D eigenvalue weighted by molar-refractivity contribution is 0.123. The van der Waals surface area contributed by atoms with Crippen molar-refractivity contribution in [3.63, 3.8) is 0 Å². The average molecular weight is 402 g/mol. The molecule has 1 aromatic heterocycles. The topological polar surface area (TPSA) is 81.6 Å². The molecular weight excluding hydrogens is 385 g/mol. The number of benzene rings is 1. The highest BCUT2D eigenvalue weighted by Crippen LogP contribution is 2.26. The molecule has 1 aliphatic heterocycles. The fourth-order valence-corrected chi connectivity index (χ4v) is 4.45. The van der Waals surface area contributed by atoms with E-state index in [1.165, 1.54) is 29.9 Å². The Labute approximate surface area is 155 Å². The van der Waals surface area contributed by atoms with Gasteiger partial charge in [-0.1, -0.05) is 11.6 Å². The number of ether oxygens (including phenoxy) is 2. The van der Waals surface area contributed by atoms with Crippen LogP contribution in [-0.4, -0.2) is 49.0 Å². The van der Waals surface area contributed by atoms with Gasteiger partial charge in [-0.3, -0.25) is 4.98 Å². The Morgan fingerprint density at radius 3 is 2.81 bits per heavy atom. The zero-order valence-corrected chi connectivity index (χ0v) is 15.5. The van der Waals surface area contributed by atoms with E-state index in [0.29, 0.717) is 25.3 Å². The molecule has 0 bridgehead atoms. The third kappa shape index (κ3) is 4.05. The maximum absolute atomic E-state index is 13.3. The fraction of sp³-hybridized carbons (Fsp3) is 0.375. The second-order valence-corrected chi connectivity index (χ2v) is 8.07. The molecule has 0 N–H and O–H groups in total. The summed E-state index contributed by atoms with van der Waals surface area (Å²) in [6.45, 7) is 0.497. The van der Waals surface area contributed by atoms with E-state index in [4.69, 9.17) is 21.1 Å². The van der Waals surface area contributed by atoms with Crippen molar-refractivity contribution in [2.24, 2.45) is 0 Å². The van der Waals surface area contributed by atoms with Crippen LogP contribution in [0.1, 0.15) is 12.8 Å². The summed E-state index contributed by atoms with van der Waals surface area (Å²) in [6, 6.07) is 3.36. The minimum Gasteiger partial charge on any atom is -0.480 e. The van der Waals surface area contributed by atoms with E-state index in [1.54, 1.807) is 0 Å². The van der Waals surface area contributed by atoms with Crippen molar-refractivity contribution in [2.75, 3.05) is 20.2 Å². The summed E-state index contributed by atoms with van der Waals surface area (Å²) >= 11 is 5.71. The summed E-state index contributed by atoms with van der Waals surface area (Å²) in [4.78, 5) is 8.03. The van der Waals surface area contributed by atoms with Crippen molar-refractivity contribution in [1.29, 1.82) is 0 Å². The lowest BCUT2D eigenvalue weighted by Gasteiger charge is -2.31. The third-order valence-electron chi connectivity index (χ3n) is 3.96. The van der Waals surface area contributed by atoms with E-state index >= 15 is 0 Å². The molecule has 2 heterocycles. The molecule has 0 spiro atoms. The average Bonchev–Trinajstić information content (AvgIpc) is 2.64. The Balaban J connectivity index is 1.75. The molecular formula is C16H17ClFN3O4S. The van der Waals surface area contributed by atoms with Crippen molar-refractivity contribution >= 4 is 21.6 Å². The summed E-state index contributed by atoms with van der Waals surface area (Å²) in [6.07, 6.45) is 3.81. The molecule has 3 rings (SSSR count). The van der Waals surface area contributed by atoms with Crippen LogP contribution in [0.25, 0.3) is 0 Å². The molecule has 10 heteroatoms. The van der Waals surface area contributed by atoms with Gasteiger partial charge in [-0.25, -0.2) is 12.8 Å². The van der Waals surface area contributed by atoms with Crippen molar-refractivity contribution in [1.82, 2.24) is 14.3 Å². The number of sulfonamides is 1. The molecule has 1 atom stereocenters. The predicted octanol–water partition coefficient (Wildman–Crippen LogP) is 2.51. The first-order chi connectivity index (χ1) is 12.4. The highest BCUT2D eigenvalue weighted by atomic mass is 35.5. The number of methoxy groups -OCH3 is 1. The molecule has 7 nitrogen and oxygen atoms in total. The van der Waals surface area contributed by atoms with Gasteiger partial charge in [0.15, 0.2) is 0 Å². The fourth-order valence-electron chi connectivity index (χ4n) is 2.66. The van der Waals surface area contributed by atoms with Crippen LogP contribution in [0.2, 0.25) is 5.02 Å². The van der Waals surface area contributed by atoms with Crippen LogP contribution in [-0.2, 0) is 10.0 Å². The molecule has 2 aromatic rings. The lowest BCUT2D eigenvalue weighted by Crippen LogP contribution is -2.44. The van der Waals surface area contributed by atoms with Gasteiger partial charge in [0.2, 0.25) is 21.8 Å². The van der Waals surface area contributed by atoms with Gasteiger partial charge in [-0.15, -0.1) is 0 Å². The standard InChI is InChI=1S/C16H17ClFN3O4S/c1-24-15-8-19-9-16(20-15)25-11-3-2-6-21(10-11)26(22,23)12-4-5-14(18)13(17)7-12/h4-5,7-9,11H,2-3,6,10H2,1H3. The van der Waals surface area contributed by atoms with E-state index in [0.717, 1.165) is 12.1 Å². The quantitative estimate of drug-likeness (QED) is 0.765. The van der Waals surface area contributed by atoms with Crippen LogP contribution in [0, 0.1) is 5.82 Å². The van der Waals surface area contributed by atoms with Crippen LogP contribution in [0.15, 0.2) is 35.5 Å². The zero-order valence-electron chi connectivity index (χ0n) is 13.9. The minimum absolute atomic E-state index is 0.0503. The van der Waals surface area contributed by atoms with Crippen LogP contribution in [0.5, 0.6) is 11.8 Å². The molecule has 1 fully saturated rings. The highest BCUT2D eigenvalue weighted by molar-refractivity contribution is 7.89. The Morgan fingerprint density at radius 1 is 1.31 bits per heavy atom. The van der Waals surface area contributed by atoms with E-state index in [-0.39, 0.29) is 28.4 Å². The van der Waals surface area contributed by atoms with Gasteiger partial charge >= 0.3 is 0 Å². The number of rotatable bonds is 5. The van der Waals surface area contributed by atoms with Gasteiger partial charge in [0.25, 0.3) is 0 Å². The van der Waals surface area contributed by atoms with E-state index in [2.05, 4.69) is 9.97 Å². The van der Waals surface area contributed by atoms with Crippen molar-refractivity contribution in [2.45, 2.75) is 23.8 Å². The summed E-state index contributed by atoms with van der Waals surface area (Å²) in [5.74, 6) is -0.0933. The first-order valence-corrected chi connectivity index (χ1v) is 9.70. The van der Waals surface area contributed by atoms with E-state index < -0.39 is 15.8 Å². The summed E-state index contributed by atoms with van der Waals surface area (Å²) in [5.41, 5.74) is 0. The number of hydrogen-bond acceptors (Lipinski definition) is 6. The zero-order chi connectivity index (χ0) is 18.7. The van der Waals surface area contributed by atoms with Crippen LogP contribution in [0.3, 0.4) is 0 Å². The smallest absolute Gasteiger partial charge is 0.243 e. The second-order valence-electron chi connectivity index (χ2n) is 5.72. The van der Waals surface area contributed by atoms with Gasteiger partial charge in [0.05, 0.1) is 36.0 Å². The Hall–Kier alpha value is -1.97. The molecule has 1 unspecified atom stereocenters. The third-order valence-corrected chi connectivity index (χ3v) is 6.11. The lowest BCUT2D eigenvalue weighted by atomic mass is 10.1. The number of halogens is 2. The molecule has 1 aromatic carbocycles. The molecule has 0 aliphatic carbocycles. The molecule has 0 saturated carbocycles. The predicted molar refractivity (Wildman–Crippen MR) is 92.4 cm³/mol. The van der Waals surface area contributed by atoms with E-state index in [9.17, 15) is 12.8 Å². The molecule has 26 heavy (non-hydrogen) atoms. The normalized spacial score (nSPS) is 18.5. The van der Waals surface area contributed by atoms with Crippen LogP contribution in [0.4, 0.5) is 4.39 Å². The van der Waals surface area contributed by atoms with Crippen molar-refractivity contribution in [3.8, 4) is 11.8 Å². The Kier molecular flexibility index (Phi) is 5.59. The SMILES string of the molecule is COc1cncc(OC2CCCN(S(=O)(=O)c3ccc(F)c(Cl)c3)C2)n1. The summed E-state index contributed by atoms with van der Waals surface area (Å²) in [7, 11) is -2.33. The molecule has 0 amide bonds.